The van der Waals surface area contributed by atoms with Crippen molar-refractivity contribution in [3.05, 3.63) is 40.8 Å². The molecule has 12 heteroatoms. The number of aromatic nitrogens is 2. The molecule has 3 aliphatic carbocycles. The van der Waals surface area contributed by atoms with Gasteiger partial charge in [-0.3, -0.25) is 9.69 Å². The van der Waals surface area contributed by atoms with Gasteiger partial charge in [-0.1, -0.05) is 11.6 Å². The number of nitrogens with one attached hydrogen (secondary N) is 1. The van der Waals surface area contributed by atoms with E-state index in [0.29, 0.717) is 31.0 Å². The fourth-order valence-corrected chi connectivity index (χ4v) is 5.32. The molecule has 6 rings (SSSR count). The molecule has 1 aromatic heterocycles. The summed E-state index contributed by atoms with van der Waals surface area (Å²) in [5, 5.41) is 11.1. The summed E-state index contributed by atoms with van der Waals surface area (Å²) in [4.78, 5) is 13.6. The molecule has 2 heterocycles. The predicted molar refractivity (Wildman–Crippen MR) is 107 cm³/mol. The van der Waals surface area contributed by atoms with Crippen LogP contribution in [0.2, 0.25) is 5.02 Å². The molecule has 4 aliphatic rings. The summed E-state index contributed by atoms with van der Waals surface area (Å²) in [7, 11) is 0. The number of nitrogens with zero attached hydrogens (tertiary/aromatic N) is 3. The first-order chi connectivity index (χ1) is 15.5. The van der Waals surface area contributed by atoms with Crippen LogP contribution in [0.4, 0.5) is 17.6 Å². The Hall–Kier alpha value is -2.40. The van der Waals surface area contributed by atoms with E-state index < -0.39 is 18.5 Å². The molecule has 1 saturated heterocycles. The molecule has 2 unspecified atom stereocenters. The van der Waals surface area contributed by atoms with Gasteiger partial charge in [0.1, 0.15) is 11.6 Å². The molecule has 2 aromatic rings. The van der Waals surface area contributed by atoms with Crippen LogP contribution in [0.1, 0.15) is 43.9 Å². The molecule has 7 nitrogen and oxygen atoms in total. The Bertz CT molecular complexity index is 1070. The molecule has 1 N–H and O–H groups in total. The maximum Gasteiger partial charge on any atom is 0.401 e. The molecule has 0 spiro atoms. The zero-order chi connectivity index (χ0) is 23.6. The Morgan fingerprint density at radius 3 is 2.70 bits per heavy atom. The first-order valence-corrected chi connectivity index (χ1v) is 10.9. The van der Waals surface area contributed by atoms with Gasteiger partial charge in [-0.25, -0.2) is 4.39 Å². The molecule has 2 bridgehead atoms. The van der Waals surface area contributed by atoms with Gasteiger partial charge in [-0.15, -0.1) is 10.2 Å². The Kier molecular flexibility index (Phi) is 5.13. The second-order valence-electron chi connectivity index (χ2n) is 9.34. The summed E-state index contributed by atoms with van der Waals surface area (Å²) in [6, 6.07) is 3.62. The van der Waals surface area contributed by atoms with Gasteiger partial charge >= 0.3 is 6.18 Å². The minimum absolute atomic E-state index is 0.0273. The number of hydrogen-bond acceptors (Lipinski definition) is 6. The smallest absolute Gasteiger partial charge is 0.401 e. The zero-order valence-electron chi connectivity index (χ0n) is 17.6. The van der Waals surface area contributed by atoms with Crippen molar-refractivity contribution in [1.82, 2.24) is 20.4 Å². The van der Waals surface area contributed by atoms with Crippen LogP contribution in [0.15, 0.2) is 22.6 Å². The molecule has 1 aliphatic heterocycles. The largest absolute Gasteiger partial charge is 0.484 e. The quantitative estimate of drug-likeness (QED) is 0.600. The molecule has 33 heavy (non-hydrogen) atoms. The van der Waals surface area contributed by atoms with Crippen LogP contribution in [-0.2, 0) is 10.2 Å². The van der Waals surface area contributed by atoms with Crippen LogP contribution in [-0.4, -0.2) is 58.5 Å². The van der Waals surface area contributed by atoms with Crippen molar-refractivity contribution in [2.75, 3.05) is 19.7 Å². The molecule has 4 fully saturated rings. The van der Waals surface area contributed by atoms with E-state index in [9.17, 15) is 22.4 Å². The SMILES string of the molecule is CC1C(c2nnc(C34CC(NC(=O)COc5ccc(Cl)c(F)c5)(C3)C4)o2)CN1CC(F)(F)F. The van der Waals surface area contributed by atoms with Gasteiger partial charge in [0, 0.05) is 24.2 Å². The van der Waals surface area contributed by atoms with E-state index in [1.807, 2.05) is 0 Å². The topological polar surface area (TPSA) is 80.5 Å². The highest BCUT2D eigenvalue weighted by Gasteiger charge is 2.72. The minimum atomic E-state index is -4.24. The summed E-state index contributed by atoms with van der Waals surface area (Å²) in [5.41, 5.74) is -0.648. The number of halogens is 5. The van der Waals surface area contributed by atoms with Crippen LogP contribution in [0.25, 0.3) is 0 Å². The van der Waals surface area contributed by atoms with Gasteiger partial charge in [-0.05, 0) is 38.3 Å². The lowest BCUT2D eigenvalue weighted by atomic mass is 9.39. The van der Waals surface area contributed by atoms with Crippen molar-refractivity contribution in [2.45, 2.75) is 55.3 Å². The van der Waals surface area contributed by atoms with Crippen LogP contribution < -0.4 is 10.1 Å². The number of benzene rings is 1. The highest BCUT2D eigenvalue weighted by Crippen LogP contribution is 2.67. The molecule has 1 amide bonds. The Balaban J connectivity index is 1.10. The van der Waals surface area contributed by atoms with Gasteiger partial charge in [0.25, 0.3) is 5.91 Å². The van der Waals surface area contributed by atoms with Crippen molar-refractivity contribution >= 4 is 17.5 Å². The Morgan fingerprint density at radius 2 is 2.06 bits per heavy atom. The van der Waals surface area contributed by atoms with Gasteiger partial charge < -0.3 is 14.5 Å². The average molecular weight is 489 g/mol. The lowest BCUT2D eigenvalue weighted by molar-refractivity contribution is -0.164. The molecule has 2 atom stereocenters. The van der Waals surface area contributed by atoms with E-state index in [0.717, 1.165) is 6.07 Å². The van der Waals surface area contributed by atoms with Crippen molar-refractivity contribution in [2.24, 2.45) is 0 Å². The predicted octanol–water partition coefficient (Wildman–Crippen LogP) is 3.58. The summed E-state index contributed by atoms with van der Waals surface area (Å²) < 4.78 is 62.4. The second-order valence-corrected chi connectivity index (χ2v) is 9.75. The highest BCUT2D eigenvalue weighted by molar-refractivity contribution is 6.30. The number of ether oxygens (including phenoxy) is 1. The minimum Gasteiger partial charge on any atom is -0.484 e. The molecule has 3 saturated carbocycles. The van der Waals surface area contributed by atoms with E-state index in [1.54, 1.807) is 6.92 Å². The maximum absolute atomic E-state index is 13.5. The number of alkyl halides is 3. The number of amides is 1. The number of rotatable bonds is 7. The summed E-state index contributed by atoms with van der Waals surface area (Å²) >= 11 is 5.62. The van der Waals surface area contributed by atoms with Crippen molar-refractivity contribution in [3.63, 3.8) is 0 Å². The molecular formula is C21H21ClF4N4O3. The Labute approximate surface area is 191 Å². The monoisotopic (exact) mass is 488 g/mol. The number of likely N-dealkylation sites (tertiary alicyclic amines) is 1. The van der Waals surface area contributed by atoms with Gasteiger partial charge in [0.15, 0.2) is 6.61 Å². The normalized spacial score (nSPS) is 30.7. The van der Waals surface area contributed by atoms with E-state index in [2.05, 4.69) is 15.5 Å². The lowest BCUT2D eigenvalue weighted by Crippen LogP contribution is -2.77. The van der Waals surface area contributed by atoms with Crippen LogP contribution in [0, 0.1) is 5.82 Å². The third kappa shape index (κ3) is 4.05. The van der Waals surface area contributed by atoms with Crippen molar-refractivity contribution in [1.29, 1.82) is 0 Å². The van der Waals surface area contributed by atoms with Gasteiger partial charge in [0.05, 0.1) is 22.9 Å². The Morgan fingerprint density at radius 1 is 1.33 bits per heavy atom. The van der Waals surface area contributed by atoms with E-state index >= 15 is 0 Å². The maximum atomic E-state index is 13.5. The number of hydrogen-bond donors (Lipinski definition) is 1. The molecule has 178 valence electrons. The van der Waals surface area contributed by atoms with E-state index in [-0.39, 0.29) is 52.7 Å². The zero-order valence-corrected chi connectivity index (χ0v) is 18.3. The first kappa shape index (κ1) is 22.4. The van der Waals surface area contributed by atoms with Crippen molar-refractivity contribution < 1.29 is 31.5 Å². The lowest BCUT2D eigenvalue weighted by Gasteiger charge is -2.68. The first-order valence-electron chi connectivity index (χ1n) is 10.5. The standard InChI is InChI=1S/C21H21ClF4N4O3/c1-11-13(5-30(11)10-21(24,25)26)17-28-29-18(33-17)19-7-20(8-19,9-19)27-16(31)6-32-12-2-3-14(22)15(23)4-12/h2-4,11,13H,5-10H2,1H3,(H,27,31). The van der Waals surface area contributed by atoms with E-state index in [1.165, 1.54) is 17.0 Å². The van der Waals surface area contributed by atoms with Crippen LogP contribution in [0.3, 0.4) is 0 Å². The fourth-order valence-electron chi connectivity index (χ4n) is 5.20. The molecule has 0 radical (unpaired) electrons. The summed E-state index contributed by atoms with van der Waals surface area (Å²) in [6.45, 7) is 0.742. The van der Waals surface area contributed by atoms with Gasteiger partial charge in [-0.2, -0.15) is 13.2 Å². The molecule has 1 aromatic carbocycles. The summed E-state index contributed by atoms with van der Waals surface area (Å²) in [5.74, 6) is -0.120. The van der Waals surface area contributed by atoms with E-state index in [4.69, 9.17) is 20.8 Å². The highest BCUT2D eigenvalue weighted by atomic mass is 35.5. The second kappa shape index (κ2) is 7.56. The third-order valence-corrected chi connectivity index (χ3v) is 7.19. The number of carbonyl (C=O) groups excluding carboxylic acids is 1. The third-order valence-electron chi connectivity index (χ3n) is 6.88. The van der Waals surface area contributed by atoms with Gasteiger partial charge in [0.2, 0.25) is 11.8 Å². The van der Waals surface area contributed by atoms with Crippen molar-refractivity contribution in [3.8, 4) is 5.75 Å². The fraction of sp³-hybridized carbons (Fsp3) is 0.571. The average Bonchev–Trinajstić information content (AvgIpc) is 3.15. The molecular weight excluding hydrogens is 468 g/mol. The summed E-state index contributed by atoms with van der Waals surface area (Å²) in [6.07, 6.45) is -2.31. The van der Waals surface area contributed by atoms with Crippen LogP contribution in [0.5, 0.6) is 5.75 Å². The van der Waals surface area contributed by atoms with Crippen LogP contribution >= 0.6 is 11.6 Å². The number of carbonyl (C=O) groups is 1.